The summed E-state index contributed by atoms with van der Waals surface area (Å²) in [5, 5.41) is 14.9. The molecule has 1 aromatic heterocycles. The predicted octanol–water partition coefficient (Wildman–Crippen LogP) is 5.08. The van der Waals surface area contributed by atoms with Crippen molar-refractivity contribution in [3.8, 4) is 11.3 Å². The van der Waals surface area contributed by atoms with Crippen LogP contribution in [0, 0.1) is 0 Å². The zero-order chi connectivity index (χ0) is 20.3. The molecule has 28 heavy (non-hydrogen) atoms. The fraction of sp³-hybridized carbons (Fsp3) is 0. The van der Waals surface area contributed by atoms with E-state index >= 15 is 0 Å². The number of hydrogen-bond acceptors (Lipinski definition) is 4. The molecule has 1 heterocycles. The summed E-state index contributed by atoms with van der Waals surface area (Å²) in [4.78, 5) is 23.3. The van der Waals surface area contributed by atoms with Gasteiger partial charge in [0, 0.05) is 11.3 Å². The lowest BCUT2D eigenvalue weighted by atomic mass is 10.2. The molecule has 3 N–H and O–H groups in total. The molecule has 0 radical (unpaired) electrons. The largest absolute Gasteiger partial charge is 0.478 e. The van der Waals surface area contributed by atoms with E-state index in [2.05, 4.69) is 10.6 Å². The summed E-state index contributed by atoms with van der Waals surface area (Å²) in [5.74, 6) is -1.24. The van der Waals surface area contributed by atoms with E-state index in [1.165, 1.54) is 18.2 Å². The van der Waals surface area contributed by atoms with Crippen molar-refractivity contribution in [1.29, 1.82) is 0 Å². The Morgan fingerprint density at radius 1 is 1.04 bits per heavy atom. The van der Waals surface area contributed by atoms with Gasteiger partial charge in [-0.05, 0) is 54.7 Å². The number of carbonyl (C=O) groups is 2. The molecule has 0 bridgehead atoms. The standard InChI is InChI=1S/C19H12Cl2N2O4S/c20-13-6-2-5-12(16(13)21)14-7-8-15(27-14)17(24)23-19(28)22-11-4-1-3-10(9-11)18(25)26/h1-9H,(H,25,26)(H2,22,23,24,28). The lowest BCUT2D eigenvalue weighted by Crippen LogP contribution is -2.33. The number of thiocarbonyl (C=S) groups is 1. The number of halogens is 2. The minimum atomic E-state index is -1.07. The van der Waals surface area contributed by atoms with Crippen LogP contribution in [-0.2, 0) is 0 Å². The van der Waals surface area contributed by atoms with Crippen LogP contribution in [0.3, 0.4) is 0 Å². The quantitative estimate of drug-likeness (QED) is 0.496. The SMILES string of the molecule is O=C(O)c1cccc(NC(=S)NC(=O)c2ccc(-c3cccc(Cl)c3Cl)o2)c1. The molecule has 0 saturated carbocycles. The van der Waals surface area contributed by atoms with Crippen LogP contribution in [0.5, 0.6) is 0 Å². The van der Waals surface area contributed by atoms with E-state index in [0.717, 1.165) is 0 Å². The van der Waals surface area contributed by atoms with Gasteiger partial charge in [-0.15, -0.1) is 0 Å². The highest BCUT2D eigenvalue weighted by atomic mass is 35.5. The van der Waals surface area contributed by atoms with E-state index in [9.17, 15) is 9.59 Å². The highest BCUT2D eigenvalue weighted by Gasteiger charge is 2.16. The maximum absolute atomic E-state index is 12.3. The molecule has 0 fully saturated rings. The van der Waals surface area contributed by atoms with E-state index in [1.54, 1.807) is 36.4 Å². The van der Waals surface area contributed by atoms with E-state index in [-0.39, 0.29) is 16.4 Å². The third kappa shape index (κ3) is 4.51. The number of amides is 1. The zero-order valence-corrected chi connectivity index (χ0v) is 16.4. The Kier molecular flexibility index (Phi) is 5.99. The Balaban J connectivity index is 1.69. The number of benzene rings is 2. The number of rotatable bonds is 4. The third-order valence-corrected chi connectivity index (χ3v) is 4.66. The summed E-state index contributed by atoms with van der Waals surface area (Å²) in [6.45, 7) is 0. The first kappa shape index (κ1) is 19.9. The van der Waals surface area contributed by atoms with Gasteiger partial charge >= 0.3 is 5.97 Å². The van der Waals surface area contributed by atoms with Crippen molar-refractivity contribution < 1.29 is 19.1 Å². The van der Waals surface area contributed by atoms with Crippen LogP contribution in [-0.4, -0.2) is 22.1 Å². The molecule has 0 unspecified atom stereocenters. The van der Waals surface area contributed by atoms with Gasteiger partial charge in [0.05, 0.1) is 15.6 Å². The van der Waals surface area contributed by atoms with Gasteiger partial charge < -0.3 is 14.8 Å². The monoisotopic (exact) mass is 434 g/mol. The van der Waals surface area contributed by atoms with Crippen molar-refractivity contribution >= 4 is 58.1 Å². The number of carboxylic acids is 1. The molecular formula is C19H12Cl2N2O4S. The molecule has 2 aromatic carbocycles. The zero-order valence-electron chi connectivity index (χ0n) is 14.0. The Morgan fingerprint density at radius 3 is 2.54 bits per heavy atom. The summed E-state index contributed by atoms with van der Waals surface area (Å²) in [7, 11) is 0. The Morgan fingerprint density at radius 2 is 1.79 bits per heavy atom. The van der Waals surface area contributed by atoms with E-state index in [4.69, 9.17) is 44.9 Å². The second-order valence-electron chi connectivity index (χ2n) is 5.56. The van der Waals surface area contributed by atoms with Crippen molar-refractivity contribution in [3.05, 3.63) is 76.0 Å². The molecular weight excluding hydrogens is 423 g/mol. The lowest BCUT2D eigenvalue weighted by molar-refractivity contribution is 0.0696. The maximum Gasteiger partial charge on any atom is 0.335 e. The van der Waals surface area contributed by atoms with Crippen molar-refractivity contribution in [2.24, 2.45) is 0 Å². The Hall–Kier alpha value is -2.87. The maximum atomic E-state index is 12.3. The van der Waals surface area contributed by atoms with Gasteiger partial charge in [0.25, 0.3) is 5.91 Å². The van der Waals surface area contributed by atoms with E-state index < -0.39 is 11.9 Å². The molecule has 3 rings (SSSR count). The fourth-order valence-electron chi connectivity index (χ4n) is 2.36. The minimum absolute atomic E-state index is 0.00808. The van der Waals surface area contributed by atoms with Gasteiger partial charge in [-0.3, -0.25) is 10.1 Å². The molecule has 1 amide bonds. The van der Waals surface area contributed by atoms with Gasteiger partial charge in [-0.2, -0.15) is 0 Å². The van der Waals surface area contributed by atoms with Crippen LogP contribution < -0.4 is 10.6 Å². The number of carboxylic acid groups (broad SMARTS) is 1. The Labute approximate surface area is 175 Å². The molecule has 3 aromatic rings. The first-order valence-corrected chi connectivity index (χ1v) is 9.01. The highest BCUT2D eigenvalue weighted by molar-refractivity contribution is 7.80. The Bertz CT molecular complexity index is 1080. The number of anilines is 1. The highest BCUT2D eigenvalue weighted by Crippen LogP contribution is 2.34. The average molecular weight is 435 g/mol. The van der Waals surface area contributed by atoms with Crippen LogP contribution in [0.15, 0.2) is 59.0 Å². The van der Waals surface area contributed by atoms with Crippen molar-refractivity contribution in [2.75, 3.05) is 5.32 Å². The topological polar surface area (TPSA) is 91.6 Å². The number of furan rings is 1. The first-order chi connectivity index (χ1) is 13.3. The summed E-state index contributed by atoms with van der Waals surface area (Å²) >= 11 is 17.2. The average Bonchev–Trinajstić information content (AvgIpc) is 3.14. The van der Waals surface area contributed by atoms with Crippen molar-refractivity contribution in [2.45, 2.75) is 0 Å². The third-order valence-electron chi connectivity index (χ3n) is 3.64. The summed E-state index contributed by atoms with van der Waals surface area (Å²) in [6.07, 6.45) is 0. The normalized spacial score (nSPS) is 10.4. The van der Waals surface area contributed by atoms with Gasteiger partial charge in [0.15, 0.2) is 10.9 Å². The molecule has 0 spiro atoms. The van der Waals surface area contributed by atoms with Gasteiger partial charge in [0.2, 0.25) is 0 Å². The number of hydrogen-bond donors (Lipinski definition) is 3. The molecule has 0 saturated heterocycles. The van der Waals surface area contributed by atoms with Crippen molar-refractivity contribution in [1.82, 2.24) is 5.32 Å². The second-order valence-corrected chi connectivity index (χ2v) is 6.75. The molecule has 6 nitrogen and oxygen atoms in total. The minimum Gasteiger partial charge on any atom is -0.478 e. The van der Waals surface area contributed by atoms with Gasteiger partial charge in [-0.25, -0.2) is 4.79 Å². The van der Waals surface area contributed by atoms with Crippen LogP contribution in [0.1, 0.15) is 20.9 Å². The van der Waals surface area contributed by atoms with Crippen LogP contribution >= 0.6 is 35.4 Å². The molecule has 0 aliphatic carbocycles. The smallest absolute Gasteiger partial charge is 0.335 e. The number of aromatic carboxylic acids is 1. The van der Waals surface area contributed by atoms with Gasteiger partial charge in [0.1, 0.15) is 5.76 Å². The summed E-state index contributed by atoms with van der Waals surface area (Å²) in [6, 6.07) is 14.2. The summed E-state index contributed by atoms with van der Waals surface area (Å²) in [5.41, 5.74) is 1.07. The molecule has 0 aliphatic heterocycles. The first-order valence-electron chi connectivity index (χ1n) is 7.85. The number of nitrogens with one attached hydrogen (secondary N) is 2. The molecule has 0 atom stereocenters. The van der Waals surface area contributed by atoms with Gasteiger partial charge in [-0.1, -0.05) is 35.3 Å². The molecule has 0 aliphatic rings. The molecule has 9 heteroatoms. The van der Waals surface area contributed by atoms with Crippen molar-refractivity contribution in [3.63, 3.8) is 0 Å². The second kappa shape index (κ2) is 8.43. The number of carbonyl (C=O) groups excluding carboxylic acids is 1. The van der Waals surface area contributed by atoms with E-state index in [0.29, 0.717) is 27.1 Å². The predicted molar refractivity (Wildman–Crippen MR) is 111 cm³/mol. The van der Waals surface area contributed by atoms with Crippen LogP contribution in [0.2, 0.25) is 10.0 Å². The lowest BCUT2D eigenvalue weighted by Gasteiger charge is -2.09. The van der Waals surface area contributed by atoms with E-state index in [1.807, 2.05) is 0 Å². The summed E-state index contributed by atoms with van der Waals surface area (Å²) < 4.78 is 5.55. The van der Waals surface area contributed by atoms with Crippen LogP contribution in [0.4, 0.5) is 5.69 Å². The fourth-order valence-corrected chi connectivity index (χ4v) is 2.96. The molecule has 142 valence electrons. The van der Waals surface area contributed by atoms with Crippen LogP contribution in [0.25, 0.3) is 11.3 Å².